The van der Waals surface area contributed by atoms with Gasteiger partial charge in [-0.3, -0.25) is 0 Å². The number of imidazole rings is 1. The number of aryl methyl sites for hydroxylation is 1. The fourth-order valence-corrected chi connectivity index (χ4v) is 4.06. The Balaban J connectivity index is 1.70. The van der Waals surface area contributed by atoms with E-state index in [1.165, 1.54) is 0 Å². The summed E-state index contributed by atoms with van der Waals surface area (Å²) in [5.41, 5.74) is 1.25. The van der Waals surface area contributed by atoms with Gasteiger partial charge < -0.3 is 8.98 Å². The van der Waals surface area contributed by atoms with Gasteiger partial charge in [0.25, 0.3) is 0 Å². The fourth-order valence-electron chi connectivity index (χ4n) is 2.53. The molecule has 2 heterocycles. The number of aromatic nitrogens is 2. The van der Waals surface area contributed by atoms with E-state index in [1.54, 1.807) is 37.5 Å². The number of nitrogens with one attached hydrogen (secondary N) is 1. The predicted molar refractivity (Wildman–Crippen MR) is 96.0 cm³/mol. The molecule has 3 rings (SSSR count). The summed E-state index contributed by atoms with van der Waals surface area (Å²) in [5, 5.41) is 0.426. The minimum absolute atomic E-state index is 0.191. The number of rotatable bonds is 6. The molecule has 25 heavy (non-hydrogen) atoms. The average molecular weight is 380 g/mol. The molecule has 3 aromatic rings. The van der Waals surface area contributed by atoms with E-state index in [2.05, 4.69) is 9.71 Å². The molecule has 8 heteroatoms. The Hall–Kier alpha value is -2.09. The highest BCUT2D eigenvalue weighted by Crippen LogP contribution is 2.22. The first-order valence-electron chi connectivity index (χ1n) is 7.69. The number of hydrogen-bond donors (Lipinski definition) is 1. The number of halogens is 1. The van der Waals surface area contributed by atoms with Crippen LogP contribution in [0.4, 0.5) is 0 Å². The van der Waals surface area contributed by atoms with Crippen molar-refractivity contribution < 1.29 is 12.8 Å². The van der Waals surface area contributed by atoms with Gasteiger partial charge in [-0.05, 0) is 36.8 Å². The highest BCUT2D eigenvalue weighted by molar-refractivity contribution is 7.89. The van der Waals surface area contributed by atoms with Crippen molar-refractivity contribution in [3.8, 4) is 11.5 Å². The van der Waals surface area contributed by atoms with E-state index < -0.39 is 10.0 Å². The number of benzene rings is 1. The van der Waals surface area contributed by atoms with Crippen LogP contribution in [0.25, 0.3) is 11.5 Å². The topological polar surface area (TPSA) is 77.1 Å². The molecule has 0 fully saturated rings. The van der Waals surface area contributed by atoms with Crippen LogP contribution in [0.2, 0.25) is 5.02 Å². The Labute approximate surface area is 151 Å². The number of nitrogens with zero attached hydrogens (tertiary/aromatic N) is 2. The Kier molecular flexibility index (Phi) is 4.99. The second kappa shape index (κ2) is 7.03. The molecule has 0 radical (unpaired) electrons. The van der Waals surface area contributed by atoms with Gasteiger partial charge in [0.15, 0.2) is 5.76 Å². The van der Waals surface area contributed by atoms with Gasteiger partial charge in [-0.2, -0.15) is 0 Å². The fraction of sp³-hybridized carbons (Fsp3) is 0.235. The molecule has 1 aromatic carbocycles. The Morgan fingerprint density at radius 3 is 2.80 bits per heavy atom. The zero-order valence-corrected chi connectivity index (χ0v) is 15.4. The highest BCUT2D eigenvalue weighted by atomic mass is 35.5. The first-order chi connectivity index (χ1) is 11.9. The molecule has 0 atom stereocenters. The Morgan fingerprint density at radius 2 is 2.08 bits per heavy atom. The van der Waals surface area contributed by atoms with Crippen LogP contribution in [-0.4, -0.2) is 24.5 Å². The van der Waals surface area contributed by atoms with Gasteiger partial charge in [0, 0.05) is 31.2 Å². The van der Waals surface area contributed by atoms with E-state index in [9.17, 15) is 8.42 Å². The minimum atomic E-state index is -3.62. The molecular weight excluding hydrogens is 362 g/mol. The molecule has 0 spiro atoms. The molecule has 0 aliphatic carbocycles. The molecule has 0 aliphatic rings. The van der Waals surface area contributed by atoms with Crippen molar-refractivity contribution >= 4 is 21.6 Å². The van der Waals surface area contributed by atoms with Crippen LogP contribution >= 0.6 is 11.6 Å². The highest BCUT2D eigenvalue weighted by Gasteiger charge is 2.18. The summed E-state index contributed by atoms with van der Waals surface area (Å²) in [7, 11) is -1.76. The SMILES string of the molecule is Cc1c(Cl)cccc1S(=O)(=O)NCCc1nc(-c2ccco2)cn1C. The van der Waals surface area contributed by atoms with Crippen molar-refractivity contribution in [2.24, 2.45) is 7.05 Å². The second-order valence-electron chi connectivity index (χ2n) is 5.64. The van der Waals surface area contributed by atoms with Gasteiger partial charge in [-0.1, -0.05) is 17.7 Å². The zero-order chi connectivity index (χ0) is 18.0. The van der Waals surface area contributed by atoms with Crippen LogP contribution in [0.1, 0.15) is 11.4 Å². The van der Waals surface area contributed by atoms with Gasteiger partial charge in [0.2, 0.25) is 10.0 Å². The third-order valence-electron chi connectivity index (χ3n) is 3.89. The van der Waals surface area contributed by atoms with Crippen LogP contribution in [0.3, 0.4) is 0 Å². The van der Waals surface area contributed by atoms with Crippen molar-refractivity contribution in [2.75, 3.05) is 6.54 Å². The van der Waals surface area contributed by atoms with Crippen molar-refractivity contribution in [3.05, 3.63) is 59.2 Å². The van der Waals surface area contributed by atoms with E-state index in [0.717, 1.165) is 11.5 Å². The monoisotopic (exact) mass is 379 g/mol. The maximum atomic E-state index is 12.5. The smallest absolute Gasteiger partial charge is 0.240 e. The summed E-state index contributed by atoms with van der Waals surface area (Å²) in [6.45, 7) is 1.92. The van der Waals surface area contributed by atoms with Crippen LogP contribution in [0.15, 0.2) is 52.1 Å². The Bertz CT molecular complexity index is 979. The van der Waals surface area contributed by atoms with Gasteiger partial charge in [0.05, 0.1) is 11.2 Å². The molecule has 0 aliphatic heterocycles. The molecule has 2 aromatic heterocycles. The summed E-state index contributed by atoms with van der Waals surface area (Å²) in [5.74, 6) is 1.44. The number of sulfonamides is 1. The molecule has 6 nitrogen and oxygen atoms in total. The summed E-state index contributed by atoms with van der Waals surface area (Å²) >= 11 is 6.01. The molecule has 0 amide bonds. The van der Waals surface area contributed by atoms with Gasteiger partial charge in [-0.25, -0.2) is 18.1 Å². The lowest BCUT2D eigenvalue weighted by molar-refractivity contribution is 0.578. The number of furan rings is 1. The normalized spacial score (nSPS) is 11.8. The van der Waals surface area contributed by atoms with Crippen LogP contribution in [0.5, 0.6) is 0 Å². The maximum absolute atomic E-state index is 12.5. The van der Waals surface area contributed by atoms with E-state index in [4.69, 9.17) is 16.0 Å². The first-order valence-corrected chi connectivity index (χ1v) is 9.55. The predicted octanol–water partition coefficient (Wildman–Crippen LogP) is 3.16. The Morgan fingerprint density at radius 1 is 1.28 bits per heavy atom. The first kappa shape index (κ1) is 17.7. The van der Waals surface area contributed by atoms with E-state index >= 15 is 0 Å². The van der Waals surface area contributed by atoms with Crippen molar-refractivity contribution in [3.63, 3.8) is 0 Å². The van der Waals surface area contributed by atoms with Crippen LogP contribution < -0.4 is 4.72 Å². The maximum Gasteiger partial charge on any atom is 0.240 e. The third kappa shape index (κ3) is 3.78. The second-order valence-corrected chi connectivity index (χ2v) is 7.78. The van der Waals surface area contributed by atoms with E-state index in [0.29, 0.717) is 22.8 Å². The van der Waals surface area contributed by atoms with Gasteiger partial charge in [-0.15, -0.1) is 0 Å². The summed E-state index contributed by atoms with van der Waals surface area (Å²) < 4.78 is 34.7. The molecule has 132 valence electrons. The van der Waals surface area contributed by atoms with Gasteiger partial charge in [0.1, 0.15) is 11.5 Å². The molecule has 0 bridgehead atoms. The van der Waals surface area contributed by atoms with E-state index in [1.807, 2.05) is 23.9 Å². The molecule has 0 unspecified atom stereocenters. The molecule has 0 saturated heterocycles. The summed E-state index contributed by atoms with van der Waals surface area (Å²) in [6.07, 6.45) is 3.89. The van der Waals surface area contributed by atoms with Crippen molar-refractivity contribution in [2.45, 2.75) is 18.2 Å². The molecule has 0 saturated carbocycles. The molecule has 1 N–H and O–H groups in total. The summed E-state index contributed by atoms with van der Waals surface area (Å²) in [6, 6.07) is 8.46. The number of hydrogen-bond acceptors (Lipinski definition) is 4. The van der Waals surface area contributed by atoms with Crippen molar-refractivity contribution in [1.82, 2.24) is 14.3 Å². The lowest BCUT2D eigenvalue weighted by Crippen LogP contribution is -2.27. The quantitative estimate of drug-likeness (QED) is 0.713. The lowest BCUT2D eigenvalue weighted by Gasteiger charge is -2.10. The van der Waals surface area contributed by atoms with Crippen LogP contribution in [0, 0.1) is 6.92 Å². The van der Waals surface area contributed by atoms with Crippen LogP contribution in [-0.2, 0) is 23.5 Å². The lowest BCUT2D eigenvalue weighted by atomic mass is 10.2. The zero-order valence-electron chi connectivity index (χ0n) is 13.9. The van der Waals surface area contributed by atoms with Gasteiger partial charge >= 0.3 is 0 Å². The average Bonchev–Trinajstić information content (AvgIpc) is 3.20. The summed E-state index contributed by atoms with van der Waals surface area (Å²) in [4.78, 5) is 4.68. The minimum Gasteiger partial charge on any atom is -0.463 e. The van der Waals surface area contributed by atoms with Crippen molar-refractivity contribution in [1.29, 1.82) is 0 Å². The van der Waals surface area contributed by atoms with E-state index in [-0.39, 0.29) is 11.4 Å². The largest absolute Gasteiger partial charge is 0.463 e. The third-order valence-corrected chi connectivity index (χ3v) is 5.91. The standard InChI is InChI=1S/C17H18ClN3O3S/c1-12-13(18)5-3-7-16(12)25(22,23)19-9-8-17-20-14(11-21(17)2)15-6-4-10-24-15/h3-7,10-11,19H,8-9H2,1-2H3. The molecular formula is C17H18ClN3O3S.